The van der Waals surface area contributed by atoms with Gasteiger partial charge in [0.25, 0.3) is 0 Å². The molecule has 0 radical (unpaired) electrons. The number of nitriles is 1. The zero-order chi connectivity index (χ0) is 18.3. The van der Waals surface area contributed by atoms with Gasteiger partial charge in [0.1, 0.15) is 11.4 Å². The number of phenols is 1. The third-order valence-electron chi connectivity index (χ3n) is 5.27. The normalized spacial score (nSPS) is 18.1. The smallest absolute Gasteiger partial charge is 0.163 e. The Morgan fingerprint density at radius 2 is 2.12 bits per heavy atom. The van der Waals surface area contributed by atoms with Gasteiger partial charge in [-0.1, -0.05) is 0 Å². The molecule has 1 aliphatic rings. The van der Waals surface area contributed by atoms with E-state index in [9.17, 15) is 5.11 Å². The van der Waals surface area contributed by atoms with Crippen LogP contribution < -0.4 is 0 Å². The molecule has 1 saturated heterocycles. The number of hydrogen-bond acceptors (Lipinski definition) is 5. The molecule has 4 rings (SSSR count). The summed E-state index contributed by atoms with van der Waals surface area (Å²) < 4.78 is 2.23. The summed E-state index contributed by atoms with van der Waals surface area (Å²) in [7, 11) is 2.15. The van der Waals surface area contributed by atoms with E-state index in [-0.39, 0.29) is 5.75 Å². The van der Waals surface area contributed by atoms with Crippen LogP contribution in [0.5, 0.6) is 5.75 Å². The number of likely N-dealkylation sites (N-methyl/N-ethyl adjacent to an activating group) is 1. The predicted octanol–water partition coefficient (Wildman–Crippen LogP) is 3.25. The number of piperidine rings is 1. The molecule has 6 nitrogen and oxygen atoms in total. The van der Waals surface area contributed by atoms with Crippen molar-refractivity contribution in [2.45, 2.75) is 25.8 Å². The summed E-state index contributed by atoms with van der Waals surface area (Å²) in [5.41, 5.74) is 3.54. The second-order valence-corrected chi connectivity index (χ2v) is 7.04. The summed E-state index contributed by atoms with van der Waals surface area (Å²) in [5.74, 6) is 0.0501. The van der Waals surface area contributed by atoms with Crippen LogP contribution in [0.25, 0.3) is 22.3 Å². The van der Waals surface area contributed by atoms with Crippen LogP contribution in [0.1, 0.15) is 30.0 Å². The summed E-state index contributed by atoms with van der Waals surface area (Å²) in [6, 6.07) is 9.40. The standard InChI is InChI=1S/C20H21N5O/c1-13-16-7-9-25(15-4-3-8-24(2)12-15)20(16)23-22-19(13)17-6-5-14(11-21)10-18(17)26/h5-7,9-10,15,26H,3-4,8,12H2,1-2H3/t15-/m0/s1. The minimum atomic E-state index is 0.0501. The number of likely N-dealkylation sites (tertiary alicyclic amines) is 1. The van der Waals surface area contributed by atoms with Crippen molar-refractivity contribution < 1.29 is 5.11 Å². The number of aromatic nitrogens is 3. The molecular formula is C20H21N5O. The topological polar surface area (TPSA) is 78.0 Å². The number of aromatic hydroxyl groups is 1. The average Bonchev–Trinajstić information content (AvgIpc) is 3.07. The molecule has 1 N–H and O–H groups in total. The summed E-state index contributed by atoms with van der Waals surface area (Å²) in [5, 5.41) is 29.2. The lowest BCUT2D eigenvalue weighted by atomic mass is 10.0. The Labute approximate surface area is 152 Å². The van der Waals surface area contributed by atoms with Crippen molar-refractivity contribution in [1.29, 1.82) is 5.26 Å². The first-order valence-corrected chi connectivity index (χ1v) is 8.84. The quantitative estimate of drug-likeness (QED) is 0.770. The molecule has 132 valence electrons. The molecule has 1 atom stereocenters. The highest BCUT2D eigenvalue weighted by atomic mass is 16.3. The highest BCUT2D eigenvalue weighted by Gasteiger charge is 2.22. The van der Waals surface area contributed by atoms with E-state index in [2.05, 4.69) is 39.0 Å². The van der Waals surface area contributed by atoms with Crippen molar-refractivity contribution in [2.75, 3.05) is 20.1 Å². The summed E-state index contributed by atoms with van der Waals surface area (Å²) in [6.07, 6.45) is 4.43. The van der Waals surface area contributed by atoms with E-state index in [1.807, 2.05) is 13.0 Å². The Hall–Kier alpha value is -2.91. The second kappa shape index (κ2) is 6.43. The second-order valence-electron chi connectivity index (χ2n) is 7.04. The summed E-state index contributed by atoms with van der Waals surface area (Å²) >= 11 is 0. The third kappa shape index (κ3) is 2.71. The molecule has 0 unspecified atom stereocenters. The molecule has 0 aliphatic carbocycles. The summed E-state index contributed by atoms with van der Waals surface area (Å²) in [6.45, 7) is 4.16. The monoisotopic (exact) mass is 347 g/mol. The fraction of sp³-hybridized carbons (Fsp3) is 0.350. The van der Waals surface area contributed by atoms with Crippen LogP contribution in [0.3, 0.4) is 0 Å². The van der Waals surface area contributed by atoms with Gasteiger partial charge in [0.05, 0.1) is 11.6 Å². The van der Waals surface area contributed by atoms with Crippen LogP contribution in [-0.2, 0) is 0 Å². The van der Waals surface area contributed by atoms with Gasteiger partial charge in [-0.15, -0.1) is 10.2 Å². The van der Waals surface area contributed by atoms with Gasteiger partial charge in [0.2, 0.25) is 0 Å². The molecule has 0 amide bonds. The molecule has 0 spiro atoms. The van der Waals surface area contributed by atoms with E-state index in [0.717, 1.165) is 36.1 Å². The Kier molecular flexibility index (Phi) is 4.09. The van der Waals surface area contributed by atoms with Crippen LogP contribution in [0.2, 0.25) is 0 Å². The molecule has 2 aromatic heterocycles. The summed E-state index contributed by atoms with van der Waals surface area (Å²) in [4.78, 5) is 2.35. The van der Waals surface area contributed by atoms with Crippen molar-refractivity contribution in [3.63, 3.8) is 0 Å². The largest absolute Gasteiger partial charge is 0.507 e. The van der Waals surface area contributed by atoms with Crippen molar-refractivity contribution in [3.05, 3.63) is 41.6 Å². The molecule has 3 heterocycles. The number of aryl methyl sites for hydroxylation is 1. The fourth-order valence-corrected chi connectivity index (χ4v) is 3.86. The predicted molar refractivity (Wildman–Crippen MR) is 99.8 cm³/mol. The number of fused-ring (bicyclic) bond motifs is 1. The zero-order valence-electron chi connectivity index (χ0n) is 15.0. The van der Waals surface area contributed by atoms with Gasteiger partial charge in [0, 0.05) is 29.7 Å². The van der Waals surface area contributed by atoms with Gasteiger partial charge in [-0.25, -0.2) is 0 Å². The third-order valence-corrected chi connectivity index (χ3v) is 5.27. The van der Waals surface area contributed by atoms with E-state index in [1.165, 1.54) is 12.5 Å². The van der Waals surface area contributed by atoms with Crippen LogP contribution in [0.4, 0.5) is 0 Å². The van der Waals surface area contributed by atoms with Gasteiger partial charge < -0.3 is 14.6 Å². The first-order valence-electron chi connectivity index (χ1n) is 8.84. The molecule has 1 aliphatic heterocycles. The lowest BCUT2D eigenvalue weighted by molar-refractivity contribution is 0.214. The minimum absolute atomic E-state index is 0.0501. The molecular weight excluding hydrogens is 326 g/mol. The maximum Gasteiger partial charge on any atom is 0.163 e. The Bertz CT molecular complexity index is 1020. The average molecular weight is 347 g/mol. The highest BCUT2D eigenvalue weighted by molar-refractivity contribution is 5.86. The number of phenolic OH excluding ortho intramolecular Hbond substituents is 1. The SMILES string of the molecule is Cc1c(-c2ccc(C#N)cc2O)nnc2c1ccn2[C@H]1CCCN(C)C1. The molecule has 0 bridgehead atoms. The van der Waals surface area contributed by atoms with Gasteiger partial charge in [0.15, 0.2) is 5.65 Å². The van der Waals surface area contributed by atoms with E-state index in [0.29, 0.717) is 22.9 Å². The van der Waals surface area contributed by atoms with Crippen molar-refractivity contribution in [2.24, 2.45) is 0 Å². The van der Waals surface area contributed by atoms with Crippen LogP contribution >= 0.6 is 0 Å². The first-order chi connectivity index (χ1) is 12.6. The molecule has 26 heavy (non-hydrogen) atoms. The molecule has 1 aromatic carbocycles. The fourth-order valence-electron chi connectivity index (χ4n) is 3.86. The number of nitrogens with zero attached hydrogens (tertiary/aromatic N) is 5. The molecule has 1 fully saturated rings. The maximum absolute atomic E-state index is 10.3. The van der Waals surface area contributed by atoms with Gasteiger partial charge in [-0.05, 0) is 63.2 Å². The number of benzene rings is 1. The van der Waals surface area contributed by atoms with Crippen LogP contribution in [-0.4, -0.2) is 44.9 Å². The van der Waals surface area contributed by atoms with E-state index < -0.39 is 0 Å². The maximum atomic E-state index is 10.3. The first kappa shape index (κ1) is 16.6. The van der Waals surface area contributed by atoms with Crippen LogP contribution in [0.15, 0.2) is 30.5 Å². The lowest BCUT2D eigenvalue weighted by Crippen LogP contribution is -2.33. The highest BCUT2D eigenvalue weighted by Crippen LogP contribution is 2.34. The van der Waals surface area contributed by atoms with E-state index in [1.54, 1.807) is 12.1 Å². The zero-order valence-corrected chi connectivity index (χ0v) is 15.0. The van der Waals surface area contributed by atoms with Crippen LogP contribution in [0, 0.1) is 18.3 Å². The molecule has 0 saturated carbocycles. The van der Waals surface area contributed by atoms with Gasteiger partial charge in [-0.2, -0.15) is 5.26 Å². The Balaban J connectivity index is 1.78. The molecule has 3 aromatic rings. The van der Waals surface area contributed by atoms with Gasteiger partial charge >= 0.3 is 0 Å². The van der Waals surface area contributed by atoms with E-state index in [4.69, 9.17) is 5.26 Å². The van der Waals surface area contributed by atoms with E-state index >= 15 is 0 Å². The number of rotatable bonds is 2. The van der Waals surface area contributed by atoms with Crippen molar-refractivity contribution >= 4 is 11.0 Å². The number of hydrogen-bond donors (Lipinski definition) is 1. The molecule has 6 heteroatoms. The van der Waals surface area contributed by atoms with Gasteiger partial charge in [-0.3, -0.25) is 0 Å². The Morgan fingerprint density at radius 3 is 2.85 bits per heavy atom. The minimum Gasteiger partial charge on any atom is -0.507 e. The lowest BCUT2D eigenvalue weighted by Gasteiger charge is -2.30. The van der Waals surface area contributed by atoms with Crippen molar-refractivity contribution in [3.8, 4) is 23.1 Å². The Morgan fingerprint density at radius 1 is 1.27 bits per heavy atom. The van der Waals surface area contributed by atoms with Crippen molar-refractivity contribution in [1.82, 2.24) is 19.7 Å².